The Morgan fingerprint density at radius 2 is 1.82 bits per heavy atom. The first kappa shape index (κ1) is 23.3. The Morgan fingerprint density at radius 1 is 1.09 bits per heavy atom. The van der Waals surface area contributed by atoms with E-state index in [9.17, 15) is 27.5 Å². The first-order valence-corrected chi connectivity index (χ1v) is 10.4. The van der Waals surface area contributed by atoms with Crippen LogP contribution in [0.3, 0.4) is 0 Å². The van der Waals surface area contributed by atoms with Crippen LogP contribution in [0.25, 0.3) is 11.1 Å². The molecule has 0 bridgehead atoms. The van der Waals surface area contributed by atoms with Crippen LogP contribution in [0.15, 0.2) is 54.7 Å². The van der Waals surface area contributed by atoms with Crippen LogP contribution in [0, 0.1) is 5.82 Å². The molecule has 176 valence electrons. The number of halogens is 4. The van der Waals surface area contributed by atoms with Crippen LogP contribution in [0.4, 0.5) is 23.2 Å². The molecule has 0 unspecified atom stereocenters. The molecule has 0 fully saturated rings. The quantitative estimate of drug-likeness (QED) is 0.330. The van der Waals surface area contributed by atoms with Gasteiger partial charge in [0, 0.05) is 23.0 Å². The van der Waals surface area contributed by atoms with Gasteiger partial charge in [0.1, 0.15) is 12.4 Å². The number of carboxylic acids is 1. The zero-order valence-corrected chi connectivity index (χ0v) is 17.8. The minimum atomic E-state index is -4.63. The minimum Gasteiger partial charge on any atom is -0.478 e. The predicted octanol–water partition coefficient (Wildman–Crippen LogP) is 6.19. The molecular formula is C25H20F4N2O3. The summed E-state index contributed by atoms with van der Waals surface area (Å²) < 4.78 is 60.1. The third-order valence-corrected chi connectivity index (χ3v) is 5.59. The maximum atomic E-state index is 14.0. The van der Waals surface area contributed by atoms with Crippen molar-refractivity contribution in [2.24, 2.45) is 0 Å². The van der Waals surface area contributed by atoms with E-state index in [1.165, 1.54) is 30.3 Å². The van der Waals surface area contributed by atoms with Gasteiger partial charge in [-0.05, 0) is 66.3 Å². The van der Waals surface area contributed by atoms with Crippen molar-refractivity contribution in [3.63, 3.8) is 0 Å². The summed E-state index contributed by atoms with van der Waals surface area (Å²) in [7, 11) is 0. The van der Waals surface area contributed by atoms with E-state index in [4.69, 9.17) is 10.5 Å². The van der Waals surface area contributed by atoms with Crippen LogP contribution < -0.4 is 10.5 Å². The highest BCUT2D eigenvalue weighted by Gasteiger charge is 2.33. The molecule has 4 rings (SSSR count). The summed E-state index contributed by atoms with van der Waals surface area (Å²) in [6, 6.07) is 11.2. The van der Waals surface area contributed by atoms with E-state index in [1.54, 1.807) is 12.1 Å². The number of pyridine rings is 1. The topological polar surface area (TPSA) is 85.4 Å². The van der Waals surface area contributed by atoms with E-state index in [0.717, 1.165) is 6.07 Å². The summed E-state index contributed by atoms with van der Waals surface area (Å²) >= 11 is 0. The van der Waals surface area contributed by atoms with E-state index in [1.807, 2.05) is 0 Å². The fraction of sp³-hybridized carbons (Fsp3) is 0.200. The minimum absolute atomic E-state index is 0.0213. The van der Waals surface area contributed by atoms with Crippen molar-refractivity contribution in [1.82, 2.24) is 4.98 Å². The Morgan fingerprint density at radius 3 is 2.53 bits per heavy atom. The molecule has 0 saturated heterocycles. The van der Waals surface area contributed by atoms with E-state index in [0.29, 0.717) is 42.2 Å². The first-order chi connectivity index (χ1) is 16.1. The fourth-order valence-corrected chi connectivity index (χ4v) is 4.01. The van der Waals surface area contributed by atoms with Gasteiger partial charge in [-0.15, -0.1) is 0 Å². The Labute approximate surface area is 192 Å². The maximum absolute atomic E-state index is 14.0. The number of aromatic carboxylic acids is 1. The second-order valence-corrected chi connectivity index (χ2v) is 7.91. The number of carbonyl (C=O) groups is 1. The van der Waals surface area contributed by atoms with Crippen molar-refractivity contribution in [2.75, 3.05) is 5.73 Å². The van der Waals surface area contributed by atoms with Crippen molar-refractivity contribution in [2.45, 2.75) is 32.0 Å². The van der Waals surface area contributed by atoms with Crippen LogP contribution in [-0.2, 0) is 12.8 Å². The third-order valence-electron chi connectivity index (χ3n) is 5.59. The largest absolute Gasteiger partial charge is 0.478 e. The summed E-state index contributed by atoms with van der Waals surface area (Å²) in [6.07, 6.45) is -2.35. The lowest BCUT2D eigenvalue weighted by Gasteiger charge is -2.16. The molecule has 1 aromatic heterocycles. The van der Waals surface area contributed by atoms with Crippen LogP contribution in [0.1, 0.15) is 51.9 Å². The van der Waals surface area contributed by atoms with Gasteiger partial charge in [-0.25, -0.2) is 14.2 Å². The Hall–Kier alpha value is -3.88. The number of hydrogen-bond acceptors (Lipinski definition) is 4. The fourth-order valence-electron chi connectivity index (χ4n) is 4.01. The van der Waals surface area contributed by atoms with Crippen LogP contribution >= 0.6 is 0 Å². The van der Waals surface area contributed by atoms with E-state index >= 15 is 0 Å². The summed E-state index contributed by atoms with van der Waals surface area (Å²) in [5.41, 5.74) is 7.26. The van der Waals surface area contributed by atoms with E-state index in [-0.39, 0.29) is 34.9 Å². The number of anilines is 1. The highest BCUT2D eigenvalue weighted by atomic mass is 19.4. The maximum Gasteiger partial charge on any atom is 0.417 e. The van der Waals surface area contributed by atoms with Gasteiger partial charge >= 0.3 is 12.1 Å². The van der Waals surface area contributed by atoms with Crippen molar-refractivity contribution in [3.8, 4) is 5.88 Å². The summed E-state index contributed by atoms with van der Waals surface area (Å²) in [4.78, 5) is 15.4. The molecule has 0 saturated carbocycles. The molecule has 9 heteroatoms. The normalized spacial score (nSPS) is 13.9. The molecule has 1 heterocycles. The SMILES string of the molecule is Nc1cc(C(=O)O)cc(C2=C(c3cc(C(F)(F)F)cnc3OCc3ccccc3F)CCC2)c1. The van der Waals surface area contributed by atoms with Crippen molar-refractivity contribution >= 4 is 22.8 Å². The number of hydrogen-bond donors (Lipinski definition) is 2. The molecule has 0 aliphatic heterocycles. The molecule has 5 nitrogen and oxygen atoms in total. The Kier molecular flexibility index (Phi) is 6.28. The van der Waals surface area contributed by atoms with Gasteiger partial charge in [0.15, 0.2) is 0 Å². The lowest BCUT2D eigenvalue weighted by Crippen LogP contribution is -2.09. The number of rotatable bonds is 6. The van der Waals surface area contributed by atoms with Crippen molar-refractivity contribution < 1.29 is 32.2 Å². The molecule has 0 radical (unpaired) electrons. The number of nitrogens with two attached hydrogens (primary N) is 1. The zero-order valence-electron chi connectivity index (χ0n) is 17.8. The van der Waals surface area contributed by atoms with Crippen molar-refractivity contribution in [1.29, 1.82) is 0 Å². The number of aromatic nitrogens is 1. The van der Waals surface area contributed by atoms with E-state index in [2.05, 4.69) is 4.98 Å². The van der Waals surface area contributed by atoms with Gasteiger partial charge in [0.25, 0.3) is 0 Å². The second kappa shape index (κ2) is 9.17. The number of alkyl halides is 3. The lowest BCUT2D eigenvalue weighted by molar-refractivity contribution is -0.137. The predicted molar refractivity (Wildman–Crippen MR) is 118 cm³/mol. The summed E-state index contributed by atoms with van der Waals surface area (Å²) in [5.74, 6) is -1.73. The number of carboxylic acid groups (broad SMARTS) is 1. The smallest absolute Gasteiger partial charge is 0.417 e. The standard InChI is InChI=1S/C25H20F4N2O3/c26-22-7-2-1-4-14(22)13-34-23-21(11-17(12-31-23)25(27,28)29)20-6-3-5-19(20)15-8-16(24(32)33)10-18(30)9-15/h1-2,4,7-12H,3,5-6,13,30H2,(H,32,33). The Bertz CT molecular complexity index is 1290. The Balaban J connectivity index is 1.82. The molecule has 2 aromatic carbocycles. The molecule has 3 aromatic rings. The lowest BCUT2D eigenvalue weighted by atomic mass is 9.95. The number of nitrogen functional groups attached to an aromatic ring is 1. The van der Waals surface area contributed by atoms with Gasteiger partial charge in [-0.3, -0.25) is 0 Å². The number of allylic oxidation sites excluding steroid dienone is 2. The first-order valence-electron chi connectivity index (χ1n) is 10.4. The van der Waals surface area contributed by atoms with Crippen LogP contribution in [0.2, 0.25) is 0 Å². The molecule has 1 aliphatic carbocycles. The highest BCUT2D eigenvalue weighted by Crippen LogP contribution is 2.44. The van der Waals surface area contributed by atoms with Crippen LogP contribution in [-0.4, -0.2) is 16.1 Å². The monoisotopic (exact) mass is 472 g/mol. The summed E-state index contributed by atoms with van der Waals surface area (Å²) in [5, 5.41) is 9.37. The van der Waals surface area contributed by atoms with Gasteiger partial charge in [0.05, 0.1) is 11.1 Å². The molecule has 0 atom stereocenters. The number of ether oxygens (including phenoxy) is 1. The van der Waals surface area contributed by atoms with Gasteiger partial charge in [-0.2, -0.15) is 13.2 Å². The van der Waals surface area contributed by atoms with Crippen molar-refractivity contribution in [3.05, 3.63) is 88.4 Å². The third kappa shape index (κ3) is 4.88. The average molecular weight is 472 g/mol. The molecule has 1 aliphatic rings. The molecular weight excluding hydrogens is 452 g/mol. The molecule has 34 heavy (non-hydrogen) atoms. The van der Waals surface area contributed by atoms with Crippen LogP contribution in [0.5, 0.6) is 5.88 Å². The van der Waals surface area contributed by atoms with Gasteiger partial charge in [0.2, 0.25) is 5.88 Å². The molecule has 0 amide bonds. The second-order valence-electron chi connectivity index (χ2n) is 7.91. The molecule has 3 N–H and O–H groups in total. The number of benzene rings is 2. The zero-order chi connectivity index (χ0) is 24.5. The molecule has 0 spiro atoms. The average Bonchev–Trinajstić information content (AvgIpc) is 3.27. The van der Waals surface area contributed by atoms with Gasteiger partial charge in [-0.1, -0.05) is 18.2 Å². The van der Waals surface area contributed by atoms with Gasteiger partial charge < -0.3 is 15.6 Å². The highest BCUT2D eigenvalue weighted by molar-refractivity contribution is 5.97. The number of nitrogens with zero attached hydrogens (tertiary/aromatic N) is 1. The summed E-state index contributed by atoms with van der Waals surface area (Å²) in [6.45, 7) is -0.220. The van der Waals surface area contributed by atoms with E-state index < -0.39 is 23.5 Å².